The average Bonchev–Trinajstić information content (AvgIpc) is 3.20. The van der Waals surface area contributed by atoms with Gasteiger partial charge in [-0.2, -0.15) is 0 Å². The summed E-state index contributed by atoms with van der Waals surface area (Å²) in [4.78, 5) is 40.1. The lowest BCUT2D eigenvalue weighted by molar-refractivity contribution is 0.0942. The quantitative estimate of drug-likeness (QED) is 0.656. The molecule has 0 bridgehead atoms. The maximum Gasteiger partial charge on any atom is 0.270 e. The summed E-state index contributed by atoms with van der Waals surface area (Å²) in [7, 11) is 0. The van der Waals surface area contributed by atoms with E-state index in [1.165, 1.54) is 31.5 Å². The summed E-state index contributed by atoms with van der Waals surface area (Å²) in [5, 5.41) is 5.38. The van der Waals surface area contributed by atoms with E-state index in [2.05, 4.69) is 15.6 Å². The van der Waals surface area contributed by atoms with Crippen molar-refractivity contribution < 1.29 is 18.8 Å². The Morgan fingerprint density at radius 1 is 1.00 bits per heavy atom. The van der Waals surface area contributed by atoms with Crippen molar-refractivity contribution in [3.05, 3.63) is 83.6 Å². The number of aromatic nitrogens is 1. The van der Waals surface area contributed by atoms with Gasteiger partial charge in [-0.15, -0.1) is 0 Å². The largest absolute Gasteiger partial charge is 0.467 e. The number of hydrogen-bond donors (Lipinski definition) is 2. The molecule has 0 atom stereocenters. The summed E-state index contributed by atoms with van der Waals surface area (Å²) in [6.07, 6.45) is 2.91. The van der Waals surface area contributed by atoms with Gasteiger partial charge in [0.25, 0.3) is 11.8 Å². The average molecular weight is 363 g/mol. The second-order valence-corrected chi connectivity index (χ2v) is 5.78. The van der Waals surface area contributed by atoms with Gasteiger partial charge in [-0.1, -0.05) is 12.1 Å². The Balaban J connectivity index is 1.69. The molecule has 0 saturated carbocycles. The molecule has 2 amide bonds. The van der Waals surface area contributed by atoms with Gasteiger partial charge in [-0.3, -0.25) is 19.4 Å². The van der Waals surface area contributed by atoms with Gasteiger partial charge in [0.2, 0.25) is 0 Å². The maximum absolute atomic E-state index is 12.4. The van der Waals surface area contributed by atoms with E-state index in [1.54, 1.807) is 36.4 Å². The van der Waals surface area contributed by atoms with Crippen molar-refractivity contribution >= 4 is 23.3 Å². The van der Waals surface area contributed by atoms with E-state index in [-0.39, 0.29) is 23.6 Å². The van der Waals surface area contributed by atoms with Crippen LogP contribution in [0.2, 0.25) is 0 Å². The molecule has 7 heteroatoms. The molecule has 3 rings (SSSR count). The van der Waals surface area contributed by atoms with E-state index < -0.39 is 11.8 Å². The van der Waals surface area contributed by atoms with E-state index in [4.69, 9.17) is 4.42 Å². The molecule has 27 heavy (non-hydrogen) atoms. The minimum Gasteiger partial charge on any atom is -0.467 e. The third kappa shape index (κ3) is 4.66. The first-order valence-corrected chi connectivity index (χ1v) is 8.22. The molecule has 0 spiro atoms. The predicted molar refractivity (Wildman–Crippen MR) is 98.5 cm³/mol. The number of nitrogens with zero attached hydrogens (tertiary/aromatic N) is 1. The van der Waals surface area contributed by atoms with E-state index in [0.29, 0.717) is 17.0 Å². The van der Waals surface area contributed by atoms with Crippen molar-refractivity contribution in [1.82, 2.24) is 10.3 Å². The number of nitrogens with one attached hydrogen (secondary N) is 2. The van der Waals surface area contributed by atoms with Crippen LogP contribution in [0.3, 0.4) is 0 Å². The molecule has 7 nitrogen and oxygen atoms in total. The molecule has 1 aromatic carbocycles. The number of amides is 2. The summed E-state index contributed by atoms with van der Waals surface area (Å²) in [6, 6.07) is 13.0. The first kappa shape index (κ1) is 18.1. The Morgan fingerprint density at radius 2 is 1.85 bits per heavy atom. The third-order valence-electron chi connectivity index (χ3n) is 3.79. The molecular weight excluding hydrogens is 346 g/mol. The standard InChI is InChI=1S/C20H17N3O4/c1-13(24)14-4-2-5-16(10-14)23-19(25)15-7-8-21-18(11-15)20(26)22-12-17-6-3-9-27-17/h2-11H,12H2,1H3,(H,22,26)(H,23,25). The molecule has 3 aromatic rings. The summed E-state index contributed by atoms with van der Waals surface area (Å²) < 4.78 is 5.15. The molecule has 0 fully saturated rings. The van der Waals surface area contributed by atoms with Gasteiger partial charge in [-0.25, -0.2) is 0 Å². The van der Waals surface area contributed by atoms with Gasteiger partial charge in [0.15, 0.2) is 5.78 Å². The molecule has 136 valence electrons. The highest BCUT2D eigenvalue weighted by molar-refractivity contribution is 6.06. The monoisotopic (exact) mass is 363 g/mol. The van der Waals surface area contributed by atoms with E-state index in [9.17, 15) is 14.4 Å². The van der Waals surface area contributed by atoms with Gasteiger partial charge in [0, 0.05) is 23.0 Å². The van der Waals surface area contributed by atoms with Crippen molar-refractivity contribution in [1.29, 1.82) is 0 Å². The summed E-state index contributed by atoms with van der Waals surface area (Å²) in [6.45, 7) is 1.68. The van der Waals surface area contributed by atoms with E-state index in [0.717, 1.165) is 0 Å². The van der Waals surface area contributed by atoms with Crippen molar-refractivity contribution in [3.63, 3.8) is 0 Å². The molecular formula is C20H17N3O4. The third-order valence-corrected chi connectivity index (χ3v) is 3.79. The Kier molecular flexibility index (Phi) is 5.41. The topological polar surface area (TPSA) is 101 Å². The van der Waals surface area contributed by atoms with Gasteiger partial charge in [0.05, 0.1) is 12.8 Å². The highest BCUT2D eigenvalue weighted by Gasteiger charge is 2.13. The van der Waals surface area contributed by atoms with E-state index in [1.807, 2.05) is 0 Å². The van der Waals surface area contributed by atoms with Crippen molar-refractivity contribution in [3.8, 4) is 0 Å². The zero-order chi connectivity index (χ0) is 19.2. The zero-order valence-electron chi connectivity index (χ0n) is 14.6. The van der Waals surface area contributed by atoms with E-state index >= 15 is 0 Å². The molecule has 2 N–H and O–H groups in total. The number of rotatable bonds is 6. The molecule has 2 heterocycles. The minimum absolute atomic E-state index is 0.0921. The Labute approximate surface area is 155 Å². The van der Waals surface area contributed by atoms with Crippen molar-refractivity contribution in [2.45, 2.75) is 13.5 Å². The maximum atomic E-state index is 12.4. The Morgan fingerprint density at radius 3 is 2.59 bits per heavy atom. The fraction of sp³-hybridized carbons (Fsp3) is 0.100. The number of hydrogen-bond acceptors (Lipinski definition) is 5. The van der Waals surface area contributed by atoms with Crippen LogP contribution < -0.4 is 10.6 Å². The first-order valence-electron chi connectivity index (χ1n) is 8.22. The van der Waals surface area contributed by atoms with Crippen LogP contribution in [-0.4, -0.2) is 22.6 Å². The first-order chi connectivity index (χ1) is 13.0. The van der Waals surface area contributed by atoms with Crippen molar-refractivity contribution in [2.24, 2.45) is 0 Å². The Bertz CT molecular complexity index is 980. The van der Waals surface area contributed by atoms with Crippen LogP contribution in [0, 0.1) is 0 Å². The minimum atomic E-state index is -0.417. The second-order valence-electron chi connectivity index (χ2n) is 5.78. The van der Waals surface area contributed by atoms with Crippen molar-refractivity contribution in [2.75, 3.05) is 5.32 Å². The number of benzene rings is 1. The van der Waals surface area contributed by atoms with Crippen LogP contribution in [0.5, 0.6) is 0 Å². The fourth-order valence-electron chi connectivity index (χ4n) is 2.39. The number of anilines is 1. The lowest BCUT2D eigenvalue weighted by atomic mass is 10.1. The zero-order valence-corrected chi connectivity index (χ0v) is 14.6. The number of furan rings is 1. The van der Waals surface area contributed by atoms with Crippen LogP contribution in [0.4, 0.5) is 5.69 Å². The lowest BCUT2D eigenvalue weighted by Crippen LogP contribution is -2.24. The fourth-order valence-corrected chi connectivity index (χ4v) is 2.39. The molecule has 2 aromatic heterocycles. The number of ketones is 1. The van der Waals surface area contributed by atoms with Crippen LogP contribution >= 0.6 is 0 Å². The molecule has 0 saturated heterocycles. The molecule has 0 aliphatic rings. The smallest absolute Gasteiger partial charge is 0.270 e. The number of carbonyl (C=O) groups is 3. The summed E-state index contributed by atoms with van der Waals surface area (Å²) in [5.41, 5.74) is 1.39. The molecule has 0 aliphatic carbocycles. The highest BCUT2D eigenvalue weighted by atomic mass is 16.3. The van der Waals surface area contributed by atoms with Gasteiger partial charge in [-0.05, 0) is 43.3 Å². The number of carbonyl (C=O) groups excluding carboxylic acids is 3. The Hall–Kier alpha value is -3.74. The van der Waals surface area contributed by atoms with Crippen LogP contribution in [-0.2, 0) is 6.54 Å². The van der Waals surface area contributed by atoms with Crippen LogP contribution in [0.1, 0.15) is 43.9 Å². The predicted octanol–water partition coefficient (Wildman–Crippen LogP) is 3.06. The SMILES string of the molecule is CC(=O)c1cccc(NC(=O)c2ccnc(C(=O)NCc3ccco3)c2)c1. The highest BCUT2D eigenvalue weighted by Crippen LogP contribution is 2.13. The normalized spacial score (nSPS) is 10.3. The molecule has 0 unspecified atom stereocenters. The summed E-state index contributed by atoms with van der Waals surface area (Å²) >= 11 is 0. The molecule has 0 radical (unpaired) electrons. The second kappa shape index (κ2) is 8.09. The van der Waals surface area contributed by atoms with Gasteiger partial charge < -0.3 is 15.1 Å². The number of Topliss-reactive ketones (excluding diaryl/α,β-unsaturated/α-hetero) is 1. The molecule has 0 aliphatic heterocycles. The van der Waals surface area contributed by atoms with Gasteiger partial charge >= 0.3 is 0 Å². The van der Waals surface area contributed by atoms with Crippen LogP contribution in [0.25, 0.3) is 0 Å². The number of pyridine rings is 1. The van der Waals surface area contributed by atoms with Crippen LogP contribution in [0.15, 0.2) is 65.4 Å². The lowest BCUT2D eigenvalue weighted by Gasteiger charge is -2.08. The summed E-state index contributed by atoms with van der Waals surface area (Å²) in [5.74, 6) is -0.300. The van der Waals surface area contributed by atoms with Gasteiger partial charge in [0.1, 0.15) is 11.5 Å².